The molecule has 1 aromatic carbocycles. The van der Waals surface area contributed by atoms with Crippen LogP contribution < -0.4 is 9.64 Å². The molecule has 0 radical (unpaired) electrons. The average Bonchev–Trinajstić information content (AvgIpc) is 3.01. The molecule has 0 bridgehead atoms. The van der Waals surface area contributed by atoms with Gasteiger partial charge >= 0.3 is 5.97 Å². The van der Waals surface area contributed by atoms with Crippen molar-refractivity contribution in [3.05, 3.63) is 30.1 Å². The number of anilines is 1. The molecule has 1 aliphatic rings. The zero-order valence-electron chi connectivity index (χ0n) is 12.5. The summed E-state index contributed by atoms with van der Waals surface area (Å²) >= 11 is 0. The third-order valence-corrected chi connectivity index (χ3v) is 3.43. The van der Waals surface area contributed by atoms with Crippen molar-refractivity contribution in [2.45, 2.75) is 19.8 Å². The minimum absolute atomic E-state index is 0.00825. The van der Waals surface area contributed by atoms with E-state index < -0.39 is 35.1 Å². The van der Waals surface area contributed by atoms with Crippen molar-refractivity contribution in [1.29, 1.82) is 0 Å². The molecule has 0 atom stereocenters. The Kier molecular flexibility index (Phi) is 3.80. The maximum atomic E-state index is 13.0. The van der Waals surface area contributed by atoms with E-state index in [-0.39, 0.29) is 30.0 Å². The lowest BCUT2D eigenvalue weighted by atomic mass is 10.1. The van der Waals surface area contributed by atoms with Crippen molar-refractivity contribution >= 4 is 23.7 Å². The monoisotopic (exact) mass is 333 g/mol. The van der Waals surface area contributed by atoms with Crippen LogP contribution in [-0.2, 0) is 14.4 Å². The molecular formula is C16H12FNO6. The molecule has 3 rings (SSSR count). The molecule has 2 aromatic rings. The van der Waals surface area contributed by atoms with E-state index in [1.165, 1.54) is 12.1 Å². The van der Waals surface area contributed by atoms with Gasteiger partial charge in [0.05, 0.1) is 0 Å². The summed E-state index contributed by atoms with van der Waals surface area (Å²) in [7, 11) is 0. The van der Waals surface area contributed by atoms with Gasteiger partial charge in [-0.3, -0.25) is 14.4 Å². The predicted molar refractivity (Wildman–Crippen MR) is 78.8 cm³/mol. The Morgan fingerprint density at radius 1 is 1.21 bits per heavy atom. The normalized spacial score (nSPS) is 14.3. The van der Waals surface area contributed by atoms with Crippen molar-refractivity contribution in [1.82, 2.24) is 0 Å². The number of hydrogen-bond donors (Lipinski definition) is 1. The number of carbonyl (C=O) groups excluding carboxylic acids is 3. The van der Waals surface area contributed by atoms with E-state index in [2.05, 4.69) is 0 Å². The van der Waals surface area contributed by atoms with E-state index in [1.807, 2.05) is 0 Å². The molecule has 1 aliphatic heterocycles. The fourth-order valence-electron chi connectivity index (χ4n) is 2.38. The van der Waals surface area contributed by atoms with Crippen molar-refractivity contribution in [2.24, 2.45) is 0 Å². The largest absolute Gasteiger partial charge is 0.502 e. The number of nitrogens with zero attached hydrogens (tertiary/aromatic N) is 1. The highest BCUT2D eigenvalue weighted by molar-refractivity contribution is 6.20. The summed E-state index contributed by atoms with van der Waals surface area (Å²) in [5.74, 6) is -3.82. The summed E-state index contributed by atoms with van der Waals surface area (Å²) in [6.45, 7) is 1.10. The van der Waals surface area contributed by atoms with Gasteiger partial charge in [-0.15, -0.1) is 0 Å². The van der Waals surface area contributed by atoms with Gasteiger partial charge in [-0.2, -0.15) is 0 Å². The Labute approximate surface area is 135 Å². The predicted octanol–water partition coefficient (Wildman–Crippen LogP) is 2.37. The standard InChI is InChI=1S/C16H12FNO6/c1-8(19)23-15-13(22)14(9-2-4-10(17)5-3-9)24-16(15)18-11(20)6-7-12(18)21/h2-5,22H,6-7H2,1H3. The molecule has 1 fully saturated rings. The van der Waals surface area contributed by atoms with Gasteiger partial charge in [-0.25, -0.2) is 9.29 Å². The van der Waals surface area contributed by atoms with Crippen LogP contribution in [0.5, 0.6) is 11.5 Å². The highest BCUT2D eigenvalue weighted by Gasteiger charge is 2.38. The fraction of sp³-hybridized carbons (Fsp3) is 0.188. The molecule has 124 valence electrons. The van der Waals surface area contributed by atoms with Crippen LogP contribution in [0.3, 0.4) is 0 Å². The highest BCUT2D eigenvalue weighted by Crippen LogP contribution is 2.48. The summed E-state index contributed by atoms with van der Waals surface area (Å²) in [6.07, 6.45) is -0.0165. The molecule has 2 amide bonds. The van der Waals surface area contributed by atoms with Gasteiger partial charge in [0.1, 0.15) is 5.82 Å². The molecule has 8 heteroatoms. The molecule has 0 spiro atoms. The number of amides is 2. The van der Waals surface area contributed by atoms with E-state index in [1.54, 1.807) is 0 Å². The minimum Gasteiger partial charge on any atom is -0.502 e. The summed E-state index contributed by atoms with van der Waals surface area (Å²) in [4.78, 5) is 35.8. The molecule has 0 aliphatic carbocycles. The zero-order valence-corrected chi connectivity index (χ0v) is 12.5. The van der Waals surface area contributed by atoms with Gasteiger partial charge in [-0.1, -0.05) is 0 Å². The van der Waals surface area contributed by atoms with Gasteiger partial charge in [0.15, 0.2) is 5.76 Å². The van der Waals surface area contributed by atoms with Crippen molar-refractivity contribution in [3.63, 3.8) is 0 Å². The Morgan fingerprint density at radius 3 is 2.33 bits per heavy atom. The van der Waals surface area contributed by atoms with Crippen LogP contribution in [0.15, 0.2) is 28.7 Å². The lowest BCUT2D eigenvalue weighted by molar-refractivity contribution is -0.132. The average molecular weight is 333 g/mol. The summed E-state index contributed by atoms with van der Waals surface area (Å²) < 4.78 is 23.4. The van der Waals surface area contributed by atoms with Crippen molar-refractivity contribution < 1.29 is 33.0 Å². The Hall–Kier alpha value is -3.16. The number of carbonyl (C=O) groups is 3. The number of benzene rings is 1. The summed E-state index contributed by atoms with van der Waals surface area (Å²) in [5.41, 5.74) is 0.285. The first kappa shape index (κ1) is 15.7. The number of aromatic hydroxyl groups is 1. The van der Waals surface area contributed by atoms with E-state index in [0.29, 0.717) is 0 Å². The molecule has 1 N–H and O–H groups in total. The zero-order chi connectivity index (χ0) is 17.4. The van der Waals surface area contributed by atoms with Crippen molar-refractivity contribution in [2.75, 3.05) is 4.90 Å². The quantitative estimate of drug-likeness (QED) is 0.684. The first-order chi connectivity index (χ1) is 11.4. The number of furan rings is 1. The summed E-state index contributed by atoms with van der Waals surface area (Å²) in [6, 6.07) is 4.97. The van der Waals surface area contributed by atoms with Crippen LogP contribution in [0.1, 0.15) is 19.8 Å². The molecular weight excluding hydrogens is 321 g/mol. The second kappa shape index (κ2) is 5.80. The van der Waals surface area contributed by atoms with Gasteiger partial charge in [0, 0.05) is 25.3 Å². The second-order valence-corrected chi connectivity index (χ2v) is 5.14. The molecule has 2 heterocycles. The molecule has 0 unspecified atom stereocenters. The first-order valence-electron chi connectivity index (χ1n) is 7.04. The minimum atomic E-state index is -0.767. The third-order valence-electron chi connectivity index (χ3n) is 3.43. The SMILES string of the molecule is CC(=O)Oc1c(N2C(=O)CCC2=O)oc(-c2ccc(F)cc2)c1O. The first-order valence-corrected chi connectivity index (χ1v) is 7.04. The molecule has 0 saturated carbocycles. The van der Waals surface area contributed by atoms with Crippen LogP contribution in [0, 0.1) is 5.82 Å². The lowest BCUT2D eigenvalue weighted by Gasteiger charge is -2.11. The van der Waals surface area contributed by atoms with E-state index in [0.717, 1.165) is 24.0 Å². The lowest BCUT2D eigenvalue weighted by Crippen LogP contribution is -2.28. The van der Waals surface area contributed by atoms with Crippen LogP contribution in [0.4, 0.5) is 10.3 Å². The number of halogens is 1. The fourth-order valence-corrected chi connectivity index (χ4v) is 2.38. The number of imide groups is 1. The Balaban J connectivity index is 2.15. The van der Waals surface area contributed by atoms with E-state index in [4.69, 9.17) is 9.15 Å². The van der Waals surface area contributed by atoms with Crippen LogP contribution in [-0.4, -0.2) is 22.9 Å². The van der Waals surface area contributed by atoms with Crippen molar-refractivity contribution in [3.8, 4) is 22.8 Å². The molecule has 1 saturated heterocycles. The van der Waals surface area contributed by atoms with E-state index in [9.17, 15) is 23.9 Å². The number of ether oxygens (including phenoxy) is 1. The Bertz CT molecular complexity index is 823. The second-order valence-electron chi connectivity index (χ2n) is 5.14. The van der Waals surface area contributed by atoms with Gasteiger partial charge < -0.3 is 14.3 Å². The molecule has 7 nitrogen and oxygen atoms in total. The molecule has 1 aromatic heterocycles. The highest BCUT2D eigenvalue weighted by atomic mass is 19.1. The number of hydrogen-bond acceptors (Lipinski definition) is 6. The maximum absolute atomic E-state index is 13.0. The van der Waals surface area contributed by atoms with Crippen LogP contribution in [0.25, 0.3) is 11.3 Å². The van der Waals surface area contributed by atoms with Gasteiger partial charge in [0.25, 0.3) is 5.88 Å². The summed E-state index contributed by atoms with van der Waals surface area (Å²) in [5, 5.41) is 10.3. The van der Waals surface area contributed by atoms with Gasteiger partial charge in [0.2, 0.25) is 23.3 Å². The van der Waals surface area contributed by atoms with Crippen LogP contribution in [0.2, 0.25) is 0 Å². The maximum Gasteiger partial charge on any atom is 0.308 e. The van der Waals surface area contributed by atoms with Gasteiger partial charge in [-0.05, 0) is 24.3 Å². The number of rotatable bonds is 3. The number of esters is 1. The topological polar surface area (TPSA) is 97.0 Å². The van der Waals surface area contributed by atoms with Crippen LogP contribution >= 0.6 is 0 Å². The molecule has 24 heavy (non-hydrogen) atoms. The third kappa shape index (κ3) is 2.62. The van der Waals surface area contributed by atoms with E-state index >= 15 is 0 Å². The Morgan fingerprint density at radius 2 is 1.79 bits per heavy atom. The smallest absolute Gasteiger partial charge is 0.308 e.